The Bertz CT molecular complexity index is 487. The van der Waals surface area contributed by atoms with Crippen molar-refractivity contribution >= 4 is 15.7 Å². The normalized spacial score (nSPS) is 12.2. The number of methoxy groups -OCH3 is 1. The number of nitrogens with one attached hydrogen (secondary N) is 1. The van der Waals surface area contributed by atoms with Gasteiger partial charge >= 0.3 is 12.2 Å². The number of aromatic nitrogens is 2. The SMILES string of the molecule is COc1ncc(NS(=O)(=O)CCC(F)(F)F)cn1. The van der Waals surface area contributed by atoms with Gasteiger partial charge in [0.25, 0.3) is 0 Å². The van der Waals surface area contributed by atoms with E-state index in [9.17, 15) is 21.6 Å². The van der Waals surface area contributed by atoms with E-state index in [1.165, 1.54) is 7.11 Å². The molecule has 0 fully saturated rings. The topological polar surface area (TPSA) is 81.2 Å². The summed E-state index contributed by atoms with van der Waals surface area (Å²) < 4.78 is 64.9. The average molecular weight is 285 g/mol. The lowest BCUT2D eigenvalue weighted by atomic mass is 10.5. The minimum atomic E-state index is -4.52. The lowest BCUT2D eigenvalue weighted by molar-refractivity contribution is -0.129. The van der Waals surface area contributed by atoms with Gasteiger partial charge in [0.05, 0.1) is 37.4 Å². The third kappa shape index (κ3) is 5.17. The van der Waals surface area contributed by atoms with Gasteiger partial charge in [0.15, 0.2) is 0 Å². The van der Waals surface area contributed by atoms with E-state index in [2.05, 4.69) is 14.7 Å². The summed E-state index contributed by atoms with van der Waals surface area (Å²) in [6, 6.07) is 0.0215. The molecule has 6 nitrogen and oxygen atoms in total. The number of hydrogen-bond donors (Lipinski definition) is 1. The Morgan fingerprint density at radius 2 is 1.89 bits per heavy atom. The lowest BCUT2D eigenvalue weighted by Crippen LogP contribution is -2.22. The second-order valence-corrected chi connectivity index (χ2v) is 5.09. The lowest BCUT2D eigenvalue weighted by Gasteiger charge is -2.09. The first kappa shape index (κ1) is 14.5. The van der Waals surface area contributed by atoms with E-state index in [0.29, 0.717) is 0 Å². The predicted octanol–water partition coefficient (Wildman–Crippen LogP) is 1.18. The molecule has 0 bridgehead atoms. The molecular weight excluding hydrogens is 275 g/mol. The molecule has 0 aromatic carbocycles. The molecule has 1 aromatic heterocycles. The third-order valence-corrected chi connectivity index (χ3v) is 3.03. The highest BCUT2D eigenvalue weighted by Gasteiger charge is 2.29. The summed E-state index contributed by atoms with van der Waals surface area (Å²) in [5.74, 6) is -1.05. The second kappa shape index (κ2) is 5.38. The van der Waals surface area contributed by atoms with Crippen molar-refractivity contribution in [1.82, 2.24) is 9.97 Å². The predicted molar refractivity (Wildman–Crippen MR) is 56.7 cm³/mol. The Labute approximate surface area is 101 Å². The van der Waals surface area contributed by atoms with Crippen LogP contribution < -0.4 is 9.46 Å². The van der Waals surface area contributed by atoms with Crippen LogP contribution >= 0.6 is 0 Å². The average Bonchev–Trinajstić information content (AvgIpc) is 2.26. The highest BCUT2D eigenvalue weighted by molar-refractivity contribution is 7.92. The van der Waals surface area contributed by atoms with Crippen molar-refractivity contribution in [2.45, 2.75) is 12.6 Å². The van der Waals surface area contributed by atoms with Gasteiger partial charge in [0.1, 0.15) is 0 Å². The summed E-state index contributed by atoms with van der Waals surface area (Å²) >= 11 is 0. The van der Waals surface area contributed by atoms with Crippen LogP contribution in [0.2, 0.25) is 0 Å². The Morgan fingerprint density at radius 3 is 2.33 bits per heavy atom. The molecule has 102 valence electrons. The van der Waals surface area contributed by atoms with E-state index < -0.39 is 28.4 Å². The largest absolute Gasteiger partial charge is 0.467 e. The summed E-state index contributed by atoms with van der Waals surface area (Å²) in [5.41, 5.74) is -0.0297. The zero-order valence-corrected chi connectivity index (χ0v) is 10.0. The second-order valence-electron chi connectivity index (χ2n) is 3.24. The van der Waals surface area contributed by atoms with Crippen molar-refractivity contribution in [3.05, 3.63) is 12.4 Å². The Morgan fingerprint density at radius 1 is 1.33 bits per heavy atom. The van der Waals surface area contributed by atoms with Crippen LogP contribution in [0, 0.1) is 0 Å². The van der Waals surface area contributed by atoms with Gasteiger partial charge < -0.3 is 4.74 Å². The maximum Gasteiger partial charge on any atom is 0.390 e. The van der Waals surface area contributed by atoms with E-state index >= 15 is 0 Å². The molecule has 10 heteroatoms. The number of rotatable bonds is 5. The van der Waals surface area contributed by atoms with E-state index in [-0.39, 0.29) is 11.7 Å². The van der Waals surface area contributed by atoms with E-state index in [1.54, 1.807) is 0 Å². The number of sulfonamides is 1. The van der Waals surface area contributed by atoms with Gasteiger partial charge in [-0.15, -0.1) is 0 Å². The number of anilines is 1. The van der Waals surface area contributed by atoms with Crippen LogP contribution in [0.4, 0.5) is 18.9 Å². The van der Waals surface area contributed by atoms with E-state index in [4.69, 9.17) is 0 Å². The molecule has 0 aliphatic heterocycles. The van der Waals surface area contributed by atoms with Crippen molar-refractivity contribution in [2.24, 2.45) is 0 Å². The molecular formula is C8H10F3N3O3S. The van der Waals surface area contributed by atoms with Crippen LogP contribution in [0.1, 0.15) is 6.42 Å². The Balaban J connectivity index is 2.64. The zero-order valence-electron chi connectivity index (χ0n) is 9.23. The molecule has 0 amide bonds. The molecule has 0 saturated heterocycles. The van der Waals surface area contributed by atoms with Gasteiger partial charge in [0, 0.05) is 0 Å². The van der Waals surface area contributed by atoms with Crippen LogP contribution in [0.25, 0.3) is 0 Å². The smallest absolute Gasteiger partial charge is 0.390 e. The molecule has 0 aliphatic carbocycles. The first-order valence-electron chi connectivity index (χ1n) is 4.65. The van der Waals surface area contributed by atoms with Crippen LogP contribution in [0.5, 0.6) is 6.01 Å². The number of halogens is 3. The summed E-state index contributed by atoms with van der Waals surface area (Å²) in [5, 5.41) is 0. The van der Waals surface area contributed by atoms with Crippen LogP contribution in [-0.2, 0) is 10.0 Å². The summed E-state index contributed by atoms with van der Waals surface area (Å²) in [4.78, 5) is 7.22. The van der Waals surface area contributed by atoms with Crippen molar-refractivity contribution in [3.8, 4) is 6.01 Å². The van der Waals surface area contributed by atoms with Gasteiger partial charge in [-0.25, -0.2) is 18.4 Å². The first-order valence-corrected chi connectivity index (χ1v) is 6.30. The zero-order chi connectivity index (χ0) is 13.8. The maximum absolute atomic E-state index is 11.9. The fourth-order valence-electron chi connectivity index (χ4n) is 0.955. The number of nitrogens with zero attached hydrogens (tertiary/aromatic N) is 2. The molecule has 0 atom stereocenters. The first-order chi connectivity index (χ1) is 8.22. The molecule has 1 aromatic rings. The summed E-state index contributed by atoms with van der Waals surface area (Å²) in [7, 11) is -2.76. The maximum atomic E-state index is 11.9. The van der Waals surface area contributed by atoms with Gasteiger partial charge in [-0.2, -0.15) is 13.2 Å². The summed E-state index contributed by atoms with van der Waals surface area (Å²) in [6.07, 6.45) is -3.75. The third-order valence-electron chi connectivity index (χ3n) is 1.74. The highest BCUT2D eigenvalue weighted by atomic mass is 32.2. The molecule has 1 rings (SSSR count). The van der Waals surface area contributed by atoms with Crippen LogP contribution in [0.3, 0.4) is 0 Å². The molecule has 1 heterocycles. The fourth-order valence-corrected chi connectivity index (χ4v) is 2.02. The molecule has 0 saturated carbocycles. The Kier molecular flexibility index (Phi) is 4.33. The van der Waals surface area contributed by atoms with Crippen LogP contribution in [0.15, 0.2) is 12.4 Å². The van der Waals surface area contributed by atoms with Crippen molar-refractivity contribution in [2.75, 3.05) is 17.6 Å². The quantitative estimate of drug-likeness (QED) is 0.878. The van der Waals surface area contributed by atoms with Gasteiger partial charge in [0.2, 0.25) is 10.0 Å². The molecule has 0 spiro atoms. The monoisotopic (exact) mass is 285 g/mol. The van der Waals surface area contributed by atoms with Gasteiger partial charge in [-0.05, 0) is 0 Å². The van der Waals surface area contributed by atoms with E-state index in [1.807, 2.05) is 4.72 Å². The fraction of sp³-hybridized carbons (Fsp3) is 0.500. The minimum Gasteiger partial charge on any atom is -0.467 e. The molecule has 1 N–H and O–H groups in total. The van der Waals surface area contributed by atoms with Gasteiger partial charge in [-0.3, -0.25) is 4.72 Å². The van der Waals surface area contributed by atoms with Gasteiger partial charge in [-0.1, -0.05) is 0 Å². The molecule has 0 radical (unpaired) electrons. The number of ether oxygens (including phenoxy) is 1. The van der Waals surface area contributed by atoms with Crippen molar-refractivity contribution < 1.29 is 26.3 Å². The number of alkyl halides is 3. The Hall–Kier alpha value is -1.58. The van der Waals surface area contributed by atoms with E-state index in [0.717, 1.165) is 12.4 Å². The standard InChI is InChI=1S/C8H10F3N3O3S/c1-17-7-12-4-6(5-13-7)14-18(15,16)3-2-8(9,10)11/h4-5,14H,2-3H2,1H3. The molecule has 0 aliphatic rings. The van der Waals surface area contributed by atoms with Crippen molar-refractivity contribution in [3.63, 3.8) is 0 Å². The van der Waals surface area contributed by atoms with Crippen molar-refractivity contribution in [1.29, 1.82) is 0 Å². The summed E-state index contributed by atoms with van der Waals surface area (Å²) in [6.45, 7) is 0. The number of hydrogen-bond acceptors (Lipinski definition) is 5. The molecule has 0 unspecified atom stereocenters. The van der Waals surface area contributed by atoms with Crippen LogP contribution in [-0.4, -0.2) is 37.4 Å². The minimum absolute atomic E-state index is 0.0215. The molecule has 18 heavy (non-hydrogen) atoms. The highest BCUT2D eigenvalue weighted by Crippen LogP contribution is 2.20.